The summed E-state index contributed by atoms with van der Waals surface area (Å²) < 4.78 is 32.7. The van der Waals surface area contributed by atoms with Crippen molar-refractivity contribution in [2.24, 2.45) is 0 Å². The number of carbonyl (C=O) groups is 1. The molecule has 0 fully saturated rings. The molecule has 24 heavy (non-hydrogen) atoms. The lowest BCUT2D eigenvalue weighted by molar-refractivity contribution is 0.0386. The molecular formula is C18H16F2N2O2. The third kappa shape index (κ3) is 2.99. The SMILES string of the molecule is Cc1ccc(C)c(C(=O)OCc2nc3ccccc3n2C(F)F)c1. The highest BCUT2D eigenvalue weighted by Gasteiger charge is 2.19. The van der Waals surface area contributed by atoms with Crippen LogP contribution in [0.1, 0.15) is 33.9 Å². The summed E-state index contributed by atoms with van der Waals surface area (Å²) in [7, 11) is 0. The van der Waals surface area contributed by atoms with E-state index in [0.29, 0.717) is 16.6 Å². The number of rotatable bonds is 4. The van der Waals surface area contributed by atoms with Crippen LogP contribution in [0, 0.1) is 13.8 Å². The summed E-state index contributed by atoms with van der Waals surface area (Å²) in [5.74, 6) is -0.533. The van der Waals surface area contributed by atoms with E-state index in [1.54, 1.807) is 37.3 Å². The van der Waals surface area contributed by atoms with Crippen molar-refractivity contribution >= 4 is 17.0 Å². The molecule has 124 valence electrons. The van der Waals surface area contributed by atoms with Crippen molar-refractivity contribution in [1.29, 1.82) is 0 Å². The van der Waals surface area contributed by atoms with Gasteiger partial charge in [0.25, 0.3) is 0 Å². The van der Waals surface area contributed by atoms with E-state index in [4.69, 9.17) is 4.74 Å². The van der Waals surface area contributed by atoms with Crippen LogP contribution in [0.4, 0.5) is 8.78 Å². The van der Waals surface area contributed by atoms with Crippen molar-refractivity contribution < 1.29 is 18.3 Å². The molecule has 3 aromatic rings. The Morgan fingerprint density at radius 1 is 1.21 bits per heavy atom. The van der Waals surface area contributed by atoms with Gasteiger partial charge in [-0.25, -0.2) is 9.78 Å². The first-order valence-corrected chi connectivity index (χ1v) is 7.45. The Morgan fingerprint density at radius 2 is 1.96 bits per heavy atom. The number of halogens is 2. The number of hydrogen-bond donors (Lipinski definition) is 0. The highest BCUT2D eigenvalue weighted by molar-refractivity contribution is 5.91. The molecular weight excluding hydrogens is 314 g/mol. The molecule has 3 rings (SSSR count). The van der Waals surface area contributed by atoms with Crippen molar-refractivity contribution in [2.45, 2.75) is 27.0 Å². The number of esters is 1. The molecule has 1 aromatic heterocycles. The Kier molecular flexibility index (Phi) is 4.29. The number of para-hydroxylation sites is 2. The molecule has 0 aliphatic rings. The lowest BCUT2D eigenvalue weighted by atomic mass is 10.1. The lowest BCUT2D eigenvalue weighted by Crippen LogP contribution is -2.11. The van der Waals surface area contributed by atoms with Gasteiger partial charge in [0.2, 0.25) is 0 Å². The second kappa shape index (κ2) is 6.39. The maximum Gasteiger partial charge on any atom is 0.338 e. The van der Waals surface area contributed by atoms with Gasteiger partial charge in [-0.05, 0) is 37.6 Å². The Balaban J connectivity index is 1.86. The van der Waals surface area contributed by atoms with E-state index in [1.165, 1.54) is 0 Å². The van der Waals surface area contributed by atoms with E-state index < -0.39 is 12.5 Å². The zero-order valence-electron chi connectivity index (χ0n) is 13.3. The second-order valence-corrected chi connectivity index (χ2v) is 5.56. The zero-order chi connectivity index (χ0) is 17.3. The van der Waals surface area contributed by atoms with E-state index in [2.05, 4.69) is 4.98 Å². The average molecular weight is 330 g/mol. The minimum absolute atomic E-state index is 0.0184. The zero-order valence-corrected chi connectivity index (χ0v) is 13.3. The van der Waals surface area contributed by atoms with Crippen LogP contribution in [0.2, 0.25) is 0 Å². The van der Waals surface area contributed by atoms with Gasteiger partial charge in [0.1, 0.15) is 6.61 Å². The molecule has 0 bridgehead atoms. The highest BCUT2D eigenvalue weighted by Crippen LogP contribution is 2.24. The van der Waals surface area contributed by atoms with E-state index in [-0.39, 0.29) is 12.4 Å². The molecule has 4 nitrogen and oxygen atoms in total. The smallest absolute Gasteiger partial charge is 0.338 e. The Hall–Kier alpha value is -2.76. The van der Waals surface area contributed by atoms with Gasteiger partial charge in [0, 0.05) is 0 Å². The fraction of sp³-hybridized carbons (Fsp3) is 0.222. The average Bonchev–Trinajstić information content (AvgIpc) is 2.93. The van der Waals surface area contributed by atoms with E-state index >= 15 is 0 Å². The monoisotopic (exact) mass is 330 g/mol. The summed E-state index contributed by atoms with van der Waals surface area (Å²) in [6, 6.07) is 12.0. The standard InChI is InChI=1S/C18H16F2N2O2/c1-11-7-8-12(2)13(9-11)17(23)24-10-16-21-14-5-3-4-6-15(14)22(16)18(19)20/h3-9,18H,10H2,1-2H3. The summed E-state index contributed by atoms with van der Waals surface area (Å²) in [5.41, 5.74) is 2.87. The van der Waals surface area contributed by atoms with Gasteiger partial charge in [-0.15, -0.1) is 0 Å². The van der Waals surface area contributed by atoms with Gasteiger partial charge in [-0.3, -0.25) is 4.57 Å². The lowest BCUT2D eigenvalue weighted by Gasteiger charge is -2.10. The van der Waals surface area contributed by atoms with Crippen molar-refractivity contribution in [3.8, 4) is 0 Å². The molecule has 2 aromatic carbocycles. The summed E-state index contributed by atoms with van der Waals surface area (Å²) in [6.45, 7) is 0.592. The Morgan fingerprint density at radius 3 is 2.71 bits per heavy atom. The van der Waals surface area contributed by atoms with Gasteiger partial charge in [-0.2, -0.15) is 8.78 Å². The van der Waals surface area contributed by atoms with Crippen molar-refractivity contribution in [2.75, 3.05) is 0 Å². The molecule has 0 aliphatic carbocycles. The fourth-order valence-electron chi connectivity index (χ4n) is 2.58. The number of fused-ring (bicyclic) bond motifs is 1. The van der Waals surface area contributed by atoms with Crippen LogP contribution < -0.4 is 0 Å². The molecule has 0 N–H and O–H groups in total. The van der Waals surface area contributed by atoms with Gasteiger partial charge >= 0.3 is 12.5 Å². The van der Waals surface area contributed by atoms with Gasteiger partial charge in [0.05, 0.1) is 16.6 Å². The Bertz CT molecular complexity index is 903. The summed E-state index contributed by atoms with van der Waals surface area (Å²) >= 11 is 0. The van der Waals surface area contributed by atoms with Crippen LogP contribution in [-0.2, 0) is 11.3 Å². The maximum atomic E-state index is 13.3. The molecule has 1 heterocycles. The number of ether oxygens (including phenoxy) is 1. The first-order valence-electron chi connectivity index (χ1n) is 7.45. The first-order chi connectivity index (χ1) is 11.5. The minimum Gasteiger partial charge on any atom is -0.454 e. The largest absolute Gasteiger partial charge is 0.454 e. The number of alkyl halides is 2. The normalized spacial score (nSPS) is 11.2. The first kappa shape index (κ1) is 16.1. The number of aromatic nitrogens is 2. The van der Waals surface area contributed by atoms with Crippen LogP contribution in [-0.4, -0.2) is 15.5 Å². The molecule has 0 saturated carbocycles. The predicted octanol–water partition coefficient (Wildman–Crippen LogP) is 4.41. The number of imidazole rings is 1. The quantitative estimate of drug-likeness (QED) is 0.666. The number of benzene rings is 2. The maximum absolute atomic E-state index is 13.3. The van der Waals surface area contributed by atoms with Crippen molar-refractivity contribution in [3.63, 3.8) is 0 Å². The van der Waals surface area contributed by atoms with Crippen LogP contribution >= 0.6 is 0 Å². The predicted molar refractivity (Wildman–Crippen MR) is 86.0 cm³/mol. The number of hydrogen-bond acceptors (Lipinski definition) is 3. The molecule has 0 radical (unpaired) electrons. The van der Waals surface area contributed by atoms with Gasteiger partial charge in [0.15, 0.2) is 5.82 Å². The summed E-state index contributed by atoms with van der Waals surface area (Å²) in [5, 5.41) is 0. The van der Waals surface area contributed by atoms with Crippen LogP contribution in [0.3, 0.4) is 0 Å². The molecule has 0 atom stereocenters. The Labute approximate surface area is 137 Å². The van der Waals surface area contributed by atoms with Crippen molar-refractivity contribution in [1.82, 2.24) is 9.55 Å². The van der Waals surface area contributed by atoms with Crippen LogP contribution in [0.15, 0.2) is 42.5 Å². The van der Waals surface area contributed by atoms with E-state index in [1.807, 2.05) is 19.1 Å². The van der Waals surface area contributed by atoms with Gasteiger partial charge < -0.3 is 4.74 Å². The van der Waals surface area contributed by atoms with E-state index in [9.17, 15) is 13.6 Å². The molecule has 0 spiro atoms. The van der Waals surface area contributed by atoms with Crippen LogP contribution in [0.5, 0.6) is 0 Å². The summed E-state index contributed by atoms with van der Waals surface area (Å²) in [4.78, 5) is 16.4. The minimum atomic E-state index is -2.76. The third-order valence-electron chi connectivity index (χ3n) is 3.81. The number of nitrogens with zero attached hydrogens (tertiary/aromatic N) is 2. The topological polar surface area (TPSA) is 44.1 Å². The van der Waals surface area contributed by atoms with Crippen molar-refractivity contribution in [3.05, 3.63) is 65.0 Å². The number of aryl methyl sites for hydroxylation is 2. The van der Waals surface area contributed by atoms with Gasteiger partial charge in [-0.1, -0.05) is 29.8 Å². The summed E-state index contributed by atoms with van der Waals surface area (Å²) in [6.07, 6.45) is 0. The third-order valence-corrected chi connectivity index (χ3v) is 3.81. The highest BCUT2D eigenvalue weighted by atomic mass is 19.3. The van der Waals surface area contributed by atoms with Crippen LogP contribution in [0.25, 0.3) is 11.0 Å². The molecule has 0 aliphatic heterocycles. The number of carbonyl (C=O) groups excluding carboxylic acids is 1. The fourth-order valence-corrected chi connectivity index (χ4v) is 2.58. The molecule has 0 amide bonds. The molecule has 6 heteroatoms. The molecule has 0 saturated heterocycles. The van der Waals surface area contributed by atoms with E-state index in [0.717, 1.165) is 15.7 Å². The molecule has 0 unspecified atom stereocenters. The second-order valence-electron chi connectivity index (χ2n) is 5.56.